The molecule has 2 atom stereocenters. The summed E-state index contributed by atoms with van der Waals surface area (Å²) >= 11 is 3.32. The highest BCUT2D eigenvalue weighted by atomic mass is 79.9. The van der Waals surface area contributed by atoms with Gasteiger partial charge < -0.3 is 19.7 Å². The number of carboxylic acids is 1. The van der Waals surface area contributed by atoms with E-state index in [0.717, 1.165) is 11.6 Å². The number of hydrogen-bond donors (Lipinski definition) is 3. The van der Waals surface area contributed by atoms with Crippen LogP contribution in [0.15, 0.2) is 59.1 Å². The van der Waals surface area contributed by atoms with Crippen LogP contribution in [0.25, 0.3) is 0 Å². The highest BCUT2D eigenvalue weighted by Crippen LogP contribution is 2.34. The maximum absolute atomic E-state index is 12.5. The van der Waals surface area contributed by atoms with E-state index in [2.05, 4.69) is 21.2 Å². The summed E-state index contributed by atoms with van der Waals surface area (Å²) in [6.07, 6.45) is -0.611. The van der Waals surface area contributed by atoms with Gasteiger partial charge >= 0.3 is 12.1 Å². The highest BCUT2D eigenvalue weighted by molar-refractivity contribution is 9.10. The number of phenolic OH excluding ortho intramolecular Hbond substituents is 1. The van der Waals surface area contributed by atoms with Crippen molar-refractivity contribution in [1.82, 2.24) is 0 Å². The van der Waals surface area contributed by atoms with Crippen molar-refractivity contribution in [3.05, 3.63) is 70.2 Å². The number of aryl methyl sites for hydroxylation is 1. The van der Waals surface area contributed by atoms with Crippen LogP contribution in [-0.4, -0.2) is 35.0 Å². The Morgan fingerprint density at radius 3 is 2.52 bits per heavy atom. The predicted molar refractivity (Wildman–Crippen MR) is 112 cm³/mol. The van der Waals surface area contributed by atoms with Gasteiger partial charge in [-0.1, -0.05) is 33.6 Å². The van der Waals surface area contributed by atoms with E-state index in [0.29, 0.717) is 10.2 Å². The van der Waals surface area contributed by atoms with E-state index < -0.39 is 24.3 Å². The Hall–Kier alpha value is -2.84. The van der Waals surface area contributed by atoms with Gasteiger partial charge in [0, 0.05) is 28.4 Å². The van der Waals surface area contributed by atoms with E-state index >= 15 is 0 Å². The topological polar surface area (TPSA) is 105 Å². The lowest BCUT2D eigenvalue weighted by Crippen LogP contribution is -2.28. The second kappa shape index (κ2) is 10.6. The first-order valence-corrected chi connectivity index (χ1v) is 9.65. The van der Waals surface area contributed by atoms with Gasteiger partial charge in [0.05, 0.1) is 0 Å². The van der Waals surface area contributed by atoms with Gasteiger partial charge in [-0.15, -0.1) is 0 Å². The number of halogens is 1. The van der Waals surface area contributed by atoms with Gasteiger partial charge in [-0.25, -0.2) is 9.59 Å². The van der Waals surface area contributed by atoms with Crippen LogP contribution in [0.3, 0.4) is 0 Å². The summed E-state index contributed by atoms with van der Waals surface area (Å²) in [4.78, 5) is 23.5. The van der Waals surface area contributed by atoms with Gasteiger partial charge in [0.1, 0.15) is 11.9 Å². The molecule has 154 valence electrons. The van der Waals surface area contributed by atoms with Crippen LogP contribution in [-0.2, 0) is 14.3 Å². The van der Waals surface area contributed by atoms with Crippen molar-refractivity contribution in [2.45, 2.75) is 26.1 Å². The number of ether oxygens (including phenoxy) is 2. The maximum Gasteiger partial charge on any atom is 0.412 e. The van der Waals surface area contributed by atoms with Crippen molar-refractivity contribution in [1.29, 1.82) is 0 Å². The molecule has 0 unspecified atom stereocenters. The first-order valence-electron chi connectivity index (χ1n) is 8.85. The number of benzene rings is 2. The Bertz CT molecular complexity index is 881. The molecule has 0 aliphatic heterocycles. The Labute approximate surface area is 177 Å². The molecule has 3 N–H and O–H groups in total. The average Bonchev–Trinajstić information content (AvgIpc) is 2.67. The molecule has 0 heterocycles. The van der Waals surface area contributed by atoms with Crippen LogP contribution in [0.5, 0.6) is 5.75 Å². The number of anilines is 1. The number of carboxylic acid groups (broad SMARTS) is 1. The fraction of sp³-hybridized carbons (Fsp3) is 0.238. The molecule has 2 rings (SSSR count). The number of rotatable bonds is 8. The van der Waals surface area contributed by atoms with Crippen LogP contribution in [0.1, 0.15) is 24.2 Å². The normalized spacial score (nSPS) is 13.1. The van der Waals surface area contributed by atoms with Crippen molar-refractivity contribution in [2.75, 3.05) is 11.9 Å². The molecule has 0 bridgehead atoms. The van der Waals surface area contributed by atoms with E-state index in [-0.39, 0.29) is 17.9 Å². The fourth-order valence-corrected chi connectivity index (χ4v) is 2.95. The molecule has 0 aliphatic carbocycles. The van der Waals surface area contributed by atoms with Gasteiger partial charge in [-0.05, 0) is 50.3 Å². The SMILES string of the molecule is CCO[C@@H](/C=C/C(=O)O)[C@@H](OC(=O)Nc1ccc(C)cc1)c1cc(Br)ccc1O. The summed E-state index contributed by atoms with van der Waals surface area (Å²) in [6.45, 7) is 3.89. The van der Waals surface area contributed by atoms with E-state index in [1.54, 1.807) is 31.2 Å². The summed E-state index contributed by atoms with van der Waals surface area (Å²) in [7, 11) is 0. The molecule has 0 saturated heterocycles. The van der Waals surface area contributed by atoms with E-state index in [4.69, 9.17) is 14.6 Å². The predicted octanol–water partition coefficient (Wildman–Crippen LogP) is 4.80. The highest BCUT2D eigenvalue weighted by Gasteiger charge is 2.29. The molecule has 0 spiro atoms. The minimum atomic E-state index is -1.17. The van der Waals surface area contributed by atoms with Crippen LogP contribution >= 0.6 is 15.9 Å². The van der Waals surface area contributed by atoms with Crippen molar-refractivity contribution < 1.29 is 29.3 Å². The minimum absolute atomic E-state index is 0.116. The average molecular weight is 464 g/mol. The maximum atomic E-state index is 12.5. The first-order chi connectivity index (χ1) is 13.8. The monoisotopic (exact) mass is 463 g/mol. The third-order valence-electron chi connectivity index (χ3n) is 3.91. The van der Waals surface area contributed by atoms with Crippen LogP contribution in [0.4, 0.5) is 10.5 Å². The molecule has 0 fully saturated rings. The number of aromatic hydroxyl groups is 1. The zero-order valence-corrected chi connectivity index (χ0v) is 17.5. The Balaban J connectivity index is 2.34. The van der Waals surface area contributed by atoms with E-state index in [1.807, 2.05) is 19.1 Å². The number of amides is 1. The van der Waals surface area contributed by atoms with Gasteiger partial charge in [-0.2, -0.15) is 0 Å². The van der Waals surface area contributed by atoms with Gasteiger partial charge in [0.25, 0.3) is 0 Å². The molecule has 2 aromatic carbocycles. The number of nitrogens with one attached hydrogen (secondary N) is 1. The molecular weight excluding hydrogens is 442 g/mol. The molecule has 0 aromatic heterocycles. The minimum Gasteiger partial charge on any atom is -0.508 e. The van der Waals surface area contributed by atoms with E-state index in [9.17, 15) is 14.7 Å². The number of carbonyl (C=O) groups excluding carboxylic acids is 1. The molecule has 2 aromatic rings. The lowest BCUT2D eigenvalue weighted by atomic mass is 10.0. The number of phenols is 1. The lowest BCUT2D eigenvalue weighted by Gasteiger charge is -2.26. The summed E-state index contributed by atoms with van der Waals surface area (Å²) in [5, 5.41) is 21.9. The molecule has 0 aliphatic rings. The molecule has 29 heavy (non-hydrogen) atoms. The van der Waals surface area contributed by atoms with Crippen molar-refractivity contribution in [3.8, 4) is 5.75 Å². The quantitative estimate of drug-likeness (QED) is 0.485. The standard InChI is InChI=1S/C21H22BrNO6/c1-3-28-18(10-11-19(25)26)20(16-12-14(22)6-9-17(16)24)29-21(27)23-15-7-4-13(2)5-8-15/h4-12,18,20,24H,3H2,1-2H3,(H,23,27)(H,25,26)/b11-10+/t18-,20-/m0/s1. The summed E-state index contributed by atoms with van der Waals surface area (Å²) in [6, 6.07) is 11.8. The zero-order valence-electron chi connectivity index (χ0n) is 16.0. The van der Waals surface area contributed by atoms with Crippen molar-refractivity contribution in [2.24, 2.45) is 0 Å². The smallest absolute Gasteiger partial charge is 0.412 e. The fourth-order valence-electron chi connectivity index (χ4n) is 2.57. The second-order valence-corrected chi connectivity index (χ2v) is 7.05. The Kier molecular flexibility index (Phi) is 8.23. The van der Waals surface area contributed by atoms with Crippen LogP contribution in [0, 0.1) is 6.92 Å². The second-order valence-electron chi connectivity index (χ2n) is 6.14. The van der Waals surface area contributed by atoms with Crippen molar-refractivity contribution >= 4 is 33.7 Å². The first kappa shape index (κ1) is 22.4. The lowest BCUT2D eigenvalue weighted by molar-refractivity contribution is -0.131. The van der Waals surface area contributed by atoms with Crippen molar-refractivity contribution in [3.63, 3.8) is 0 Å². The molecule has 7 nitrogen and oxygen atoms in total. The molecular formula is C21H22BrNO6. The zero-order chi connectivity index (χ0) is 21.4. The Morgan fingerprint density at radius 1 is 1.21 bits per heavy atom. The van der Waals surface area contributed by atoms with Gasteiger partial charge in [-0.3, -0.25) is 5.32 Å². The Morgan fingerprint density at radius 2 is 1.90 bits per heavy atom. The summed E-state index contributed by atoms with van der Waals surface area (Å²) < 4.78 is 11.8. The third kappa shape index (κ3) is 6.92. The summed E-state index contributed by atoms with van der Waals surface area (Å²) in [5.74, 6) is -1.29. The summed E-state index contributed by atoms with van der Waals surface area (Å²) in [5.41, 5.74) is 1.84. The van der Waals surface area contributed by atoms with Gasteiger partial charge in [0.15, 0.2) is 6.10 Å². The molecule has 0 radical (unpaired) electrons. The number of carbonyl (C=O) groups is 2. The molecule has 0 saturated carbocycles. The van der Waals surface area contributed by atoms with Gasteiger partial charge in [0.2, 0.25) is 0 Å². The van der Waals surface area contributed by atoms with Crippen LogP contribution < -0.4 is 5.32 Å². The molecule has 8 heteroatoms. The molecule has 1 amide bonds. The number of aliphatic carboxylic acids is 1. The number of hydrogen-bond acceptors (Lipinski definition) is 5. The van der Waals surface area contributed by atoms with Crippen LogP contribution in [0.2, 0.25) is 0 Å². The third-order valence-corrected chi connectivity index (χ3v) is 4.41. The van der Waals surface area contributed by atoms with E-state index in [1.165, 1.54) is 12.1 Å². The largest absolute Gasteiger partial charge is 0.508 e.